The molecule has 0 unspecified atom stereocenters. The first kappa shape index (κ1) is 19.2. The number of carbonyl (C=O) groups excluding carboxylic acids is 2. The van der Waals surface area contributed by atoms with Gasteiger partial charge >= 0.3 is 12.2 Å². The maximum Gasteiger partial charge on any atom is 0.437 e. The van der Waals surface area contributed by atoms with Crippen molar-refractivity contribution in [3.8, 4) is 5.75 Å². The molecule has 3 N–H and O–H groups in total. The Labute approximate surface area is 155 Å². The van der Waals surface area contributed by atoms with Crippen molar-refractivity contribution in [1.82, 2.24) is 10.2 Å². The van der Waals surface area contributed by atoms with Crippen molar-refractivity contribution >= 4 is 23.2 Å². The number of halogens is 3. The average Bonchev–Trinajstić information content (AvgIpc) is 3.13. The molecule has 1 aliphatic heterocycles. The second-order valence-corrected chi connectivity index (χ2v) is 7.07. The van der Waals surface area contributed by atoms with Crippen LogP contribution in [0.1, 0.15) is 21.3 Å². The van der Waals surface area contributed by atoms with Crippen molar-refractivity contribution < 1.29 is 33.0 Å². The predicted molar refractivity (Wildman–Crippen MR) is 90.3 cm³/mol. The zero-order valence-electron chi connectivity index (χ0n) is 13.9. The number of hydrogen-bond acceptors (Lipinski definition) is 5. The smallest absolute Gasteiger partial charge is 0.437 e. The minimum absolute atomic E-state index is 0.0241. The van der Waals surface area contributed by atoms with Gasteiger partial charge in [0.1, 0.15) is 11.7 Å². The molecule has 6 nitrogen and oxygen atoms in total. The first-order chi connectivity index (χ1) is 12.6. The Bertz CT molecular complexity index is 854. The number of hydrogen-bond donors (Lipinski definition) is 3. The Kier molecular flexibility index (Phi) is 4.64. The summed E-state index contributed by atoms with van der Waals surface area (Å²) in [5.74, 6) is -3.14. The van der Waals surface area contributed by atoms with E-state index in [2.05, 4.69) is 5.32 Å². The molecule has 1 aromatic carbocycles. The van der Waals surface area contributed by atoms with Crippen molar-refractivity contribution in [1.29, 1.82) is 0 Å². The van der Waals surface area contributed by atoms with E-state index >= 15 is 0 Å². The number of nitrogens with zero attached hydrogens (tertiary/aromatic N) is 1. The number of nitrogens with one attached hydrogen (secondary N) is 1. The molecule has 0 aliphatic carbocycles. The van der Waals surface area contributed by atoms with Crippen LogP contribution in [-0.4, -0.2) is 45.9 Å². The number of ketones is 1. The molecule has 0 bridgehead atoms. The molecule has 1 fully saturated rings. The van der Waals surface area contributed by atoms with E-state index in [4.69, 9.17) is 0 Å². The molecule has 1 aliphatic rings. The number of phenolic OH excluding ortho intramolecular Hbond substituents is 1. The lowest BCUT2D eigenvalue weighted by molar-refractivity contribution is -0.322. The molecule has 3 atom stereocenters. The third-order valence-corrected chi connectivity index (χ3v) is 5.46. The highest BCUT2D eigenvalue weighted by atomic mass is 32.1. The second kappa shape index (κ2) is 6.54. The Hall–Kier alpha value is -2.59. The fourth-order valence-corrected chi connectivity index (χ4v) is 3.84. The van der Waals surface area contributed by atoms with Crippen LogP contribution in [0.5, 0.6) is 5.75 Å². The van der Waals surface area contributed by atoms with Crippen molar-refractivity contribution in [2.24, 2.45) is 5.92 Å². The molecule has 2 amide bonds. The van der Waals surface area contributed by atoms with Gasteiger partial charge < -0.3 is 15.5 Å². The Morgan fingerprint density at radius 1 is 1.26 bits per heavy atom. The first-order valence-electron chi connectivity index (χ1n) is 7.77. The fraction of sp³-hybridized carbons (Fsp3) is 0.294. The number of benzene rings is 1. The standard InChI is InChI=1S/C17H15F3N2O4S/c1-22-15(25)21-13(9-4-6-10(23)7-5-9)12(16(22,26)17(18,19)20)14(24)11-3-2-8-27-11/h2-8,12-13,23,26H,1H3,(H,21,25)/t12-,13+,16-/m0/s1. The van der Waals surface area contributed by atoms with Crippen molar-refractivity contribution in [3.63, 3.8) is 0 Å². The summed E-state index contributed by atoms with van der Waals surface area (Å²) in [4.78, 5) is 25.2. The molecule has 0 radical (unpaired) electrons. The maximum absolute atomic E-state index is 13.9. The first-order valence-corrected chi connectivity index (χ1v) is 8.65. The van der Waals surface area contributed by atoms with Crippen LogP contribution in [0.2, 0.25) is 0 Å². The van der Waals surface area contributed by atoms with Gasteiger partial charge in [0, 0.05) is 7.05 Å². The van der Waals surface area contributed by atoms with Gasteiger partial charge in [0.25, 0.3) is 5.72 Å². The molecule has 10 heteroatoms. The molecular formula is C17H15F3N2O4S. The Balaban J connectivity index is 2.19. The number of urea groups is 1. The number of carbonyl (C=O) groups is 2. The van der Waals surface area contributed by atoms with Gasteiger partial charge in [-0.2, -0.15) is 13.2 Å². The highest BCUT2D eigenvalue weighted by Crippen LogP contribution is 2.47. The summed E-state index contributed by atoms with van der Waals surface area (Å²) in [6.07, 6.45) is -5.29. The van der Waals surface area contributed by atoms with Gasteiger partial charge in [0.2, 0.25) is 0 Å². The number of alkyl halides is 3. The Morgan fingerprint density at radius 2 is 1.89 bits per heavy atom. The van der Waals surface area contributed by atoms with Crippen LogP contribution in [0.25, 0.3) is 0 Å². The van der Waals surface area contributed by atoms with E-state index in [1.807, 2.05) is 0 Å². The minimum atomic E-state index is -5.29. The molecule has 0 spiro atoms. The van der Waals surface area contributed by atoms with E-state index in [1.54, 1.807) is 0 Å². The normalized spacial score (nSPS) is 26.0. The minimum Gasteiger partial charge on any atom is -0.508 e. The SMILES string of the molecule is CN1C(=O)N[C@H](c2ccc(O)cc2)[C@@H](C(=O)c2cccs2)[C@]1(O)C(F)(F)F. The van der Waals surface area contributed by atoms with Crippen LogP contribution in [0.4, 0.5) is 18.0 Å². The van der Waals surface area contributed by atoms with Gasteiger partial charge in [0.15, 0.2) is 5.78 Å². The topological polar surface area (TPSA) is 89.9 Å². The molecule has 1 saturated heterocycles. The van der Waals surface area contributed by atoms with Crippen LogP contribution in [0.15, 0.2) is 41.8 Å². The van der Waals surface area contributed by atoms with Gasteiger partial charge in [0.05, 0.1) is 10.9 Å². The number of aliphatic hydroxyl groups is 1. The van der Waals surface area contributed by atoms with Crippen LogP contribution in [0.3, 0.4) is 0 Å². The highest BCUT2D eigenvalue weighted by Gasteiger charge is 2.69. The van der Waals surface area contributed by atoms with E-state index in [0.29, 0.717) is 0 Å². The summed E-state index contributed by atoms with van der Waals surface area (Å²) in [5, 5.41) is 23.9. The van der Waals surface area contributed by atoms with Crippen molar-refractivity contribution in [2.75, 3.05) is 7.05 Å². The molecule has 0 saturated carbocycles. The number of phenols is 1. The maximum atomic E-state index is 13.9. The lowest BCUT2D eigenvalue weighted by Gasteiger charge is -2.49. The summed E-state index contributed by atoms with van der Waals surface area (Å²) in [5.41, 5.74) is -3.56. The van der Waals surface area contributed by atoms with E-state index in [-0.39, 0.29) is 21.1 Å². The van der Waals surface area contributed by atoms with E-state index < -0.39 is 35.7 Å². The predicted octanol–water partition coefficient (Wildman–Crippen LogP) is 2.90. The quantitative estimate of drug-likeness (QED) is 0.691. The van der Waals surface area contributed by atoms with E-state index in [9.17, 15) is 33.0 Å². The third-order valence-electron chi connectivity index (χ3n) is 4.58. The number of amides is 2. The third kappa shape index (κ3) is 3.04. The largest absolute Gasteiger partial charge is 0.508 e. The second-order valence-electron chi connectivity index (χ2n) is 6.12. The van der Waals surface area contributed by atoms with Crippen LogP contribution < -0.4 is 5.32 Å². The number of thiophene rings is 1. The van der Waals surface area contributed by atoms with E-state index in [0.717, 1.165) is 18.4 Å². The van der Waals surface area contributed by atoms with Gasteiger partial charge in [-0.25, -0.2) is 4.79 Å². The molecule has 1 aromatic heterocycles. The average molecular weight is 400 g/mol. The summed E-state index contributed by atoms with van der Waals surface area (Å²) < 4.78 is 41.7. The van der Waals surface area contributed by atoms with Crippen LogP contribution >= 0.6 is 11.3 Å². The van der Waals surface area contributed by atoms with E-state index in [1.165, 1.54) is 41.8 Å². The molecular weight excluding hydrogens is 385 g/mol. The Morgan fingerprint density at radius 3 is 2.41 bits per heavy atom. The summed E-state index contributed by atoms with van der Waals surface area (Å²) in [7, 11) is 0.782. The zero-order chi connectivity index (χ0) is 20.0. The van der Waals surface area contributed by atoms with Crippen LogP contribution in [0, 0.1) is 5.92 Å². The lowest BCUT2D eigenvalue weighted by atomic mass is 9.78. The molecule has 27 heavy (non-hydrogen) atoms. The molecule has 144 valence electrons. The molecule has 2 aromatic rings. The van der Waals surface area contributed by atoms with Gasteiger partial charge in [-0.15, -0.1) is 11.3 Å². The van der Waals surface area contributed by atoms with Crippen LogP contribution in [-0.2, 0) is 0 Å². The monoisotopic (exact) mass is 400 g/mol. The highest BCUT2D eigenvalue weighted by molar-refractivity contribution is 7.12. The molecule has 2 heterocycles. The van der Waals surface area contributed by atoms with Gasteiger partial charge in [-0.05, 0) is 29.1 Å². The lowest BCUT2D eigenvalue weighted by Crippen LogP contribution is -2.72. The molecule has 3 rings (SSSR count). The summed E-state index contributed by atoms with van der Waals surface area (Å²) >= 11 is 0.939. The number of aromatic hydroxyl groups is 1. The fourth-order valence-electron chi connectivity index (χ4n) is 3.14. The van der Waals surface area contributed by atoms with Crippen molar-refractivity contribution in [3.05, 3.63) is 52.2 Å². The van der Waals surface area contributed by atoms with Gasteiger partial charge in [-0.1, -0.05) is 18.2 Å². The number of Topliss-reactive ketones (excluding diaryl/α,β-unsaturated/α-hetero) is 1. The summed E-state index contributed by atoms with van der Waals surface area (Å²) in [6.45, 7) is 0. The van der Waals surface area contributed by atoms with Crippen molar-refractivity contribution in [2.45, 2.75) is 17.9 Å². The summed E-state index contributed by atoms with van der Waals surface area (Å²) in [6, 6.07) is 5.25. The van der Waals surface area contributed by atoms with Gasteiger partial charge in [-0.3, -0.25) is 9.69 Å². The zero-order valence-corrected chi connectivity index (χ0v) is 14.7. The number of rotatable bonds is 3.